The zero-order valence-electron chi connectivity index (χ0n) is 18.6. The van der Waals surface area contributed by atoms with E-state index in [2.05, 4.69) is 58.0 Å². The Hall–Kier alpha value is -4.10. The van der Waals surface area contributed by atoms with Crippen molar-refractivity contribution in [2.24, 2.45) is 0 Å². The summed E-state index contributed by atoms with van der Waals surface area (Å²) in [6.45, 7) is 2.05. The van der Waals surface area contributed by atoms with Gasteiger partial charge in [-0.3, -0.25) is 10.1 Å². The minimum Gasteiger partial charge on any atom is -0.497 e. The van der Waals surface area contributed by atoms with Crippen LogP contribution in [-0.2, 0) is 0 Å². The van der Waals surface area contributed by atoms with Gasteiger partial charge in [0, 0.05) is 16.3 Å². The predicted octanol–water partition coefficient (Wildman–Crippen LogP) is 5.56. The van der Waals surface area contributed by atoms with Gasteiger partial charge >= 0.3 is 0 Å². The van der Waals surface area contributed by atoms with Gasteiger partial charge in [-0.15, -0.1) is 5.10 Å². The molecule has 1 aliphatic rings. The van der Waals surface area contributed by atoms with Crippen LogP contribution < -0.4 is 15.4 Å². The zero-order valence-corrected chi connectivity index (χ0v) is 19.4. The Labute approximate surface area is 202 Å². The topological polar surface area (TPSA) is 81.1 Å². The Morgan fingerprint density at radius 1 is 1.03 bits per heavy atom. The Morgan fingerprint density at radius 3 is 2.41 bits per heavy atom. The van der Waals surface area contributed by atoms with Crippen LogP contribution in [0.4, 0.5) is 11.9 Å². The molecule has 2 heterocycles. The standard InChI is InChI=1S/C26H22ClN5O2/c1-16-3-5-17(6-4-16)22-15-23(18-7-11-20(27)12-8-18)32-26(28-22)30-25(31-32)29-24(33)19-9-13-21(34-2)14-10-19/h3-15,23H,1-2H3,(H2,28,29,30,31,33)/t23-/m0/s1. The number of halogens is 1. The molecule has 170 valence electrons. The summed E-state index contributed by atoms with van der Waals surface area (Å²) in [4.78, 5) is 17.3. The largest absolute Gasteiger partial charge is 0.497 e. The summed E-state index contributed by atoms with van der Waals surface area (Å²) in [5.74, 6) is 1.11. The molecule has 8 heteroatoms. The molecule has 1 aromatic heterocycles. The summed E-state index contributed by atoms with van der Waals surface area (Å²) in [5.41, 5.74) is 4.60. The first-order valence-electron chi connectivity index (χ1n) is 10.7. The molecule has 0 saturated carbocycles. The minimum atomic E-state index is -0.305. The van der Waals surface area contributed by atoms with Gasteiger partial charge in [-0.2, -0.15) is 4.98 Å². The van der Waals surface area contributed by atoms with E-state index in [4.69, 9.17) is 16.3 Å². The number of hydrogen-bond donors (Lipinski definition) is 2. The molecule has 0 saturated heterocycles. The summed E-state index contributed by atoms with van der Waals surface area (Å²) in [5, 5.41) is 11.4. The van der Waals surface area contributed by atoms with Gasteiger partial charge in [-0.25, -0.2) is 4.68 Å². The first kappa shape index (κ1) is 21.7. The fraction of sp³-hybridized carbons (Fsp3) is 0.115. The molecule has 5 rings (SSSR count). The number of ether oxygens (including phenoxy) is 1. The van der Waals surface area contributed by atoms with E-state index in [1.165, 1.54) is 5.56 Å². The Morgan fingerprint density at radius 2 is 1.74 bits per heavy atom. The lowest BCUT2D eigenvalue weighted by Crippen LogP contribution is -2.20. The normalized spacial score (nSPS) is 14.6. The summed E-state index contributed by atoms with van der Waals surface area (Å²) in [6.07, 6.45) is 2.09. The van der Waals surface area contributed by atoms with Crippen LogP contribution in [0.3, 0.4) is 0 Å². The van der Waals surface area contributed by atoms with Gasteiger partial charge in [-0.05, 0) is 60.5 Å². The third-order valence-electron chi connectivity index (χ3n) is 5.62. The number of fused-ring (bicyclic) bond motifs is 1. The summed E-state index contributed by atoms with van der Waals surface area (Å²) < 4.78 is 6.91. The predicted molar refractivity (Wildman–Crippen MR) is 133 cm³/mol. The lowest BCUT2D eigenvalue weighted by atomic mass is 10.0. The second-order valence-corrected chi connectivity index (χ2v) is 8.39. The van der Waals surface area contributed by atoms with Crippen molar-refractivity contribution in [3.8, 4) is 5.75 Å². The van der Waals surface area contributed by atoms with Crippen LogP contribution in [0.1, 0.15) is 33.1 Å². The van der Waals surface area contributed by atoms with E-state index in [0.29, 0.717) is 22.3 Å². The molecular weight excluding hydrogens is 450 g/mol. The highest BCUT2D eigenvalue weighted by molar-refractivity contribution is 6.30. The van der Waals surface area contributed by atoms with Gasteiger partial charge in [0.25, 0.3) is 11.9 Å². The van der Waals surface area contributed by atoms with E-state index >= 15 is 0 Å². The summed E-state index contributed by atoms with van der Waals surface area (Å²) in [7, 11) is 1.58. The van der Waals surface area contributed by atoms with Crippen molar-refractivity contribution in [2.75, 3.05) is 17.7 Å². The second kappa shape index (κ2) is 9.03. The average molecular weight is 472 g/mol. The van der Waals surface area contributed by atoms with Crippen molar-refractivity contribution in [1.29, 1.82) is 0 Å². The van der Waals surface area contributed by atoms with E-state index in [1.807, 2.05) is 24.3 Å². The van der Waals surface area contributed by atoms with Crippen molar-refractivity contribution in [3.63, 3.8) is 0 Å². The molecule has 0 fully saturated rings. The Bertz CT molecular complexity index is 1360. The third-order valence-corrected chi connectivity index (χ3v) is 5.87. The highest BCUT2D eigenvalue weighted by Gasteiger charge is 2.26. The molecule has 34 heavy (non-hydrogen) atoms. The molecule has 3 aromatic carbocycles. The minimum absolute atomic E-state index is 0.209. The van der Waals surface area contributed by atoms with Crippen LogP contribution in [0.25, 0.3) is 5.70 Å². The lowest BCUT2D eigenvalue weighted by Gasteiger charge is -2.24. The van der Waals surface area contributed by atoms with Crippen LogP contribution in [0.15, 0.2) is 78.9 Å². The van der Waals surface area contributed by atoms with Crippen LogP contribution in [0.5, 0.6) is 5.75 Å². The van der Waals surface area contributed by atoms with Crippen molar-refractivity contribution in [1.82, 2.24) is 14.8 Å². The number of aromatic nitrogens is 3. The van der Waals surface area contributed by atoms with E-state index < -0.39 is 0 Å². The van der Waals surface area contributed by atoms with Gasteiger partial charge in [-0.1, -0.05) is 53.6 Å². The first-order valence-corrected chi connectivity index (χ1v) is 11.1. The van der Waals surface area contributed by atoms with Crippen LogP contribution >= 0.6 is 11.6 Å². The van der Waals surface area contributed by atoms with Crippen molar-refractivity contribution in [3.05, 3.63) is 106 Å². The maximum atomic E-state index is 12.7. The second-order valence-electron chi connectivity index (χ2n) is 7.95. The van der Waals surface area contributed by atoms with Crippen LogP contribution in [0, 0.1) is 6.92 Å². The highest BCUT2D eigenvalue weighted by atomic mass is 35.5. The van der Waals surface area contributed by atoms with Crippen LogP contribution in [-0.4, -0.2) is 27.8 Å². The number of benzene rings is 3. The number of hydrogen-bond acceptors (Lipinski definition) is 5. The molecule has 4 aromatic rings. The molecule has 0 spiro atoms. The fourth-order valence-corrected chi connectivity index (χ4v) is 3.89. The maximum Gasteiger partial charge on any atom is 0.258 e. The summed E-state index contributed by atoms with van der Waals surface area (Å²) in [6, 6.07) is 22.5. The number of allylic oxidation sites excluding steroid dienone is 1. The highest BCUT2D eigenvalue weighted by Crippen LogP contribution is 2.33. The van der Waals surface area contributed by atoms with E-state index in [1.54, 1.807) is 36.1 Å². The molecule has 0 radical (unpaired) electrons. The molecular formula is C26H22ClN5O2. The number of carbonyl (C=O) groups is 1. The average Bonchev–Trinajstić information content (AvgIpc) is 3.27. The SMILES string of the molecule is COc1ccc(C(=O)Nc2nc3n(n2)[C@H](c2ccc(Cl)cc2)C=C(c2ccc(C)cc2)N3)cc1. The summed E-state index contributed by atoms with van der Waals surface area (Å²) >= 11 is 6.11. The fourth-order valence-electron chi connectivity index (χ4n) is 3.76. The number of rotatable bonds is 5. The third kappa shape index (κ3) is 4.38. The van der Waals surface area contributed by atoms with E-state index in [0.717, 1.165) is 16.8 Å². The molecule has 1 aliphatic heterocycles. The van der Waals surface area contributed by atoms with Gasteiger partial charge in [0.15, 0.2) is 0 Å². The lowest BCUT2D eigenvalue weighted by molar-refractivity contribution is 0.102. The molecule has 0 unspecified atom stereocenters. The van der Waals surface area contributed by atoms with Gasteiger partial charge in [0.05, 0.1) is 7.11 Å². The monoisotopic (exact) mass is 471 g/mol. The van der Waals surface area contributed by atoms with Crippen molar-refractivity contribution in [2.45, 2.75) is 13.0 Å². The number of methoxy groups -OCH3 is 1. The van der Waals surface area contributed by atoms with Gasteiger partial charge in [0.2, 0.25) is 5.95 Å². The van der Waals surface area contributed by atoms with E-state index in [-0.39, 0.29) is 17.9 Å². The van der Waals surface area contributed by atoms with Gasteiger partial charge < -0.3 is 10.1 Å². The Balaban J connectivity index is 1.48. The molecule has 1 atom stereocenters. The first-order chi connectivity index (χ1) is 16.5. The van der Waals surface area contributed by atoms with Crippen molar-refractivity contribution >= 4 is 35.1 Å². The Kier molecular flexibility index (Phi) is 5.77. The zero-order chi connectivity index (χ0) is 23.7. The number of nitrogens with one attached hydrogen (secondary N) is 2. The molecule has 7 nitrogen and oxygen atoms in total. The van der Waals surface area contributed by atoms with Crippen LogP contribution in [0.2, 0.25) is 5.02 Å². The van der Waals surface area contributed by atoms with E-state index in [9.17, 15) is 4.79 Å². The number of aryl methyl sites for hydroxylation is 1. The molecule has 2 N–H and O–H groups in total. The van der Waals surface area contributed by atoms with Crippen molar-refractivity contribution < 1.29 is 9.53 Å². The number of anilines is 2. The number of nitrogens with zero attached hydrogens (tertiary/aromatic N) is 3. The number of amides is 1. The molecule has 0 aliphatic carbocycles. The van der Waals surface area contributed by atoms with Gasteiger partial charge in [0.1, 0.15) is 11.8 Å². The maximum absolute atomic E-state index is 12.7. The number of carbonyl (C=O) groups excluding carboxylic acids is 1. The quantitative estimate of drug-likeness (QED) is 0.398. The molecule has 0 bridgehead atoms. The molecule has 1 amide bonds. The smallest absolute Gasteiger partial charge is 0.258 e.